The van der Waals surface area contributed by atoms with Gasteiger partial charge in [0.2, 0.25) is 0 Å². The minimum Gasteiger partial charge on any atom is -0.507 e. The summed E-state index contributed by atoms with van der Waals surface area (Å²) in [7, 11) is 0. The van der Waals surface area contributed by atoms with Crippen molar-refractivity contribution in [3.63, 3.8) is 0 Å². The number of aromatic carboxylic acids is 1. The Labute approximate surface area is 115 Å². The number of urea groups is 1. The van der Waals surface area contributed by atoms with Crippen molar-refractivity contribution in [1.29, 1.82) is 0 Å². The highest BCUT2D eigenvalue weighted by Crippen LogP contribution is 2.21. The van der Waals surface area contributed by atoms with Gasteiger partial charge in [0.1, 0.15) is 11.3 Å². The number of nitrogens with one attached hydrogen (secondary N) is 2. The van der Waals surface area contributed by atoms with Gasteiger partial charge in [-0.2, -0.15) is 0 Å². The lowest BCUT2D eigenvalue weighted by Crippen LogP contribution is -2.41. The first-order chi connectivity index (χ1) is 9.56. The second kappa shape index (κ2) is 6.25. The quantitative estimate of drug-likeness (QED) is 0.626. The van der Waals surface area contributed by atoms with Crippen molar-refractivity contribution >= 4 is 17.7 Å². The number of phenols is 1. The Morgan fingerprint density at radius 1 is 1.25 bits per heavy atom. The van der Waals surface area contributed by atoms with E-state index < -0.39 is 12.0 Å². The Morgan fingerprint density at radius 2 is 1.95 bits per heavy atom. The zero-order chi connectivity index (χ0) is 14.5. The van der Waals surface area contributed by atoms with Crippen LogP contribution in [0.15, 0.2) is 18.2 Å². The molecule has 0 bridgehead atoms. The molecule has 7 nitrogen and oxygen atoms in total. The fraction of sp³-hybridized carbons (Fsp3) is 0.385. The van der Waals surface area contributed by atoms with Crippen LogP contribution in [0.5, 0.6) is 5.75 Å². The SMILES string of the molecule is O=C(Nc1ccc(O)c(C(=O)O)c1)NC1CCOCC1. The van der Waals surface area contributed by atoms with Gasteiger partial charge in [0.15, 0.2) is 0 Å². The maximum atomic E-state index is 11.8. The highest BCUT2D eigenvalue weighted by Gasteiger charge is 2.16. The second-order valence-corrected chi connectivity index (χ2v) is 4.52. The summed E-state index contributed by atoms with van der Waals surface area (Å²) in [6.45, 7) is 1.24. The zero-order valence-electron chi connectivity index (χ0n) is 10.8. The molecular weight excluding hydrogens is 264 g/mol. The molecule has 1 aliphatic heterocycles. The molecule has 1 fully saturated rings. The van der Waals surface area contributed by atoms with Crippen LogP contribution >= 0.6 is 0 Å². The third kappa shape index (κ3) is 3.61. The first kappa shape index (κ1) is 14.1. The lowest BCUT2D eigenvalue weighted by atomic mass is 10.1. The predicted octanol–water partition coefficient (Wildman–Crippen LogP) is 1.39. The molecule has 1 saturated heterocycles. The Hall–Kier alpha value is -2.28. The number of ether oxygens (including phenoxy) is 1. The number of carbonyl (C=O) groups is 2. The van der Waals surface area contributed by atoms with Crippen LogP contribution in [0.2, 0.25) is 0 Å². The number of hydrogen-bond donors (Lipinski definition) is 4. The molecule has 7 heteroatoms. The summed E-state index contributed by atoms with van der Waals surface area (Å²) in [5, 5.41) is 23.6. The average molecular weight is 280 g/mol. The van der Waals surface area contributed by atoms with Gasteiger partial charge in [-0.05, 0) is 31.0 Å². The first-order valence-electron chi connectivity index (χ1n) is 6.28. The molecule has 2 rings (SSSR count). The third-order valence-electron chi connectivity index (χ3n) is 3.04. The zero-order valence-corrected chi connectivity index (χ0v) is 10.8. The lowest BCUT2D eigenvalue weighted by molar-refractivity contribution is 0.0693. The van der Waals surface area contributed by atoms with Crippen molar-refractivity contribution in [3.05, 3.63) is 23.8 Å². The summed E-state index contributed by atoms with van der Waals surface area (Å²) < 4.78 is 5.19. The monoisotopic (exact) mass is 280 g/mol. The van der Waals surface area contributed by atoms with Crippen LogP contribution in [-0.2, 0) is 4.74 Å². The molecule has 4 N–H and O–H groups in total. The minimum absolute atomic E-state index is 0.0554. The molecule has 108 valence electrons. The summed E-state index contributed by atoms with van der Waals surface area (Å²) in [4.78, 5) is 22.6. The maximum Gasteiger partial charge on any atom is 0.339 e. The molecule has 1 aromatic carbocycles. The number of amides is 2. The normalized spacial score (nSPS) is 15.6. The van der Waals surface area contributed by atoms with Gasteiger partial charge in [-0.15, -0.1) is 0 Å². The second-order valence-electron chi connectivity index (χ2n) is 4.52. The summed E-state index contributed by atoms with van der Waals surface area (Å²) in [5.41, 5.74) is 0.0543. The van der Waals surface area contributed by atoms with Crippen molar-refractivity contribution in [3.8, 4) is 5.75 Å². The fourth-order valence-corrected chi connectivity index (χ4v) is 1.98. The largest absolute Gasteiger partial charge is 0.507 e. The first-order valence-corrected chi connectivity index (χ1v) is 6.28. The standard InChI is InChI=1S/C13H16N2O5/c16-11-2-1-9(7-10(11)12(17)18)15-13(19)14-8-3-5-20-6-4-8/h1-2,7-8,16H,3-6H2,(H,17,18)(H2,14,15,19). The van der Waals surface area contributed by atoms with Crippen LogP contribution in [-0.4, -0.2) is 41.5 Å². The van der Waals surface area contributed by atoms with Crippen molar-refractivity contribution in [2.24, 2.45) is 0 Å². The number of benzene rings is 1. The number of carbonyl (C=O) groups excluding carboxylic acids is 1. The van der Waals surface area contributed by atoms with Gasteiger partial charge in [-0.3, -0.25) is 0 Å². The molecule has 0 aliphatic carbocycles. The van der Waals surface area contributed by atoms with E-state index in [0.29, 0.717) is 18.9 Å². The Morgan fingerprint density at radius 3 is 2.60 bits per heavy atom. The Kier molecular flexibility index (Phi) is 4.41. The van der Waals surface area contributed by atoms with E-state index in [1.807, 2.05) is 0 Å². The third-order valence-corrected chi connectivity index (χ3v) is 3.04. The highest BCUT2D eigenvalue weighted by atomic mass is 16.5. The summed E-state index contributed by atoms with van der Waals surface area (Å²) in [5.74, 6) is -1.59. The molecule has 0 aromatic heterocycles. The molecule has 20 heavy (non-hydrogen) atoms. The van der Waals surface area contributed by atoms with Gasteiger partial charge in [0.05, 0.1) is 0 Å². The van der Waals surface area contributed by atoms with E-state index in [1.165, 1.54) is 18.2 Å². The van der Waals surface area contributed by atoms with E-state index >= 15 is 0 Å². The predicted molar refractivity (Wildman–Crippen MR) is 71.1 cm³/mol. The number of carboxylic acid groups (broad SMARTS) is 1. The molecular formula is C13H16N2O5. The van der Waals surface area contributed by atoms with Crippen molar-refractivity contribution in [2.75, 3.05) is 18.5 Å². The van der Waals surface area contributed by atoms with Gasteiger partial charge in [0, 0.05) is 24.9 Å². The maximum absolute atomic E-state index is 11.8. The van der Waals surface area contributed by atoms with Gasteiger partial charge in [-0.25, -0.2) is 9.59 Å². The topological polar surface area (TPSA) is 108 Å². The molecule has 2 amide bonds. The van der Waals surface area contributed by atoms with Gasteiger partial charge in [0.25, 0.3) is 0 Å². The van der Waals surface area contributed by atoms with Crippen molar-refractivity contribution < 1.29 is 24.5 Å². The van der Waals surface area contributed by atoms with E-state index in [0.717, 1.165) is 12.8 Å². The molecule has 0 unspecified atom stereocenters. The van der Waals surface area contributed by atoms with E-state index in [4.69, 9.17) is 9.84 Å². The van der Waals surface area contributed by atoms with E-state index in [1.54, 1.807) is 0 Å². The smallest absolute Gasteiger partial charge is 0.339 e. The molecule has 0 saturated carbocycles. The van der Waals surface area contributed by atoms with Crippen LogP contribution in [0.4, 0.5) is 10.5 Å². The van der Waals surface area contributed by atoms with Crippen LogP contribution in [0, 0.1) is 0 Å². The average Bonchev–Trinajstić information content (AvgIpc) is 2.41. The molecule has 0 spiro atoms. The number of aromatic hydroxyl groups is 1. The van der Waals surface area contributed by atoms with Crippen LogP contribution in [0.3, 0.4) is 0 Å². The number of rotatable bonds is 3. The Balaban J connectivity index is 1.96. The van der Waals surface area contributed by atoms with Crippen molar-refractivity contribution in [2.45, 2.75) is 18.9 Å². The van der Waals surface area contributed by atoms with Crippen molar-refractivity contribution in [1.82, 2.24) is 5.32 Å². The van der Waals surface area contributed by atoms with Gasteiger partial charge in [-0.1, -0.05) is 0 Å². The number of hydrogen-bond acceptors (Lipinski definition) is 4. The minimum atomic E-state index is -1.25. The summed E-state index contributed by atoms with van der Waals surface area (Å²) in [6.07, 6.45) is 1.51. The van der Waals surface area contributed by atoms with Crippen LogP contribution in [0.1, 0.15) is 23.2 Å². The number of carboxylic acids is 1. The number of anilines is 1. The van der Waals surface area contributed by atoms with E-state index in [9.17, 15) is 14.7 Å². The van der Waals surface area contributed by atoms with E-state index in [2.05, 4.69) is 10.6 Å². The molecule has 0 radical (unpaired) electrons. The highest BCUT2D eigenvalue weighted by molar-refractivity contribution is 5.95. The van der Waals surface area contributed by atoms with Crippen LogP contribution < -0.4 is 10.6 Å². The fourth-order valence-electron chi connectivity index (χ4n) is 1.98. The molecule has 1 heterocycles. The van der Waals surface area contributed by atoms with Gasteiger partial charge >= 0.3 is 12.0 Å². The summed E-state index contributed by atoms with van der Waals surface area (Å²) >= 11 is 0. The van der Waals surface area contributed by atoms with Gasteiger partial charge < -0.3 is 25.6 Å². The summed E-state index contributed by atoms with van der Waals surface area (Å²) in [6, 6.07) is 3.53. The Bertz CT molecular complexity index is 511. The molecule has 1 aliphatic rings. The van der Waals surface area contributed by atoms with Crippen LogP contribution in [0.25, 0.3) is 0 Å². The molecule has 1 aromatic rings. The lowest BCUT2D eigenvalue weighted by Gasteiger charge is -2.23. The molecule has 0 atom stereocenters. The van der Waals surface area contributed by atoms with E-state index in [-0.39, 0.29) is 17.4 Å².